The third-order valence-electron chi connectivity index (χ3n) is 24.7. The molecule has 22 aromatic rings. The maximum atomic E-state index is 5.65. The highest BCUT2D eigenvalue weighted by molar-refractivity contribution is 7.25. The van der Waals surface area contributed by atoms with Crippen molar-refractivity contribution in [1.29, 1.82) is 0 Å². The van der Waals surface area contributed by atoms with Crippen LogP contribution in [0.1, 0.15) is 261 Å². The molecule has 3 heterocycles. The van der Waals surface area contributed by atoms with Crippen LogP contribution in [0, 0.1) is 0 Å². The summed E-state index contributed by atoms with van der Waals surface area (Å²) in [5.41, 5.74) is 37.2. The van der Waals surface area contributed by atoms with Crippen molar-refractivity contribution in [3.05, 3.63) is 540 Å². The Hall–Kier alpha value is -15.0. The molecule has 6 aliphatic rings. The first-order valence-corrected chi connectivity index (χ1v) is 56.6. The second-order valence-corrected chi connectivity index (χ2v) is 32.4. The molecule has 3 heteroatoms. The van der Waals surface area contributed by atoms with Gasteiger partial charge in [-0.3, -0.25) is 0 Å². The van der Waals surface area contributed by atoms with Gasteiger partial charge in [-0.15, -0.1) is 11.3 Å². The molecule has 0 radical (unpaired) electrons. The summed E-state index contributed by atoms with van der Waals surface area (Å²) in [6.07, 6.45) is 2.21. The summed E-state index contributed by atoms with van der Waals surface area (Å²) in [4.78, 5) is 0. The summed E-state index contributed by atoms with van der Waals surface area (Å²) < 4.78 is 14.1. The zero-order valence-electron chi connectivity index (χ0n) is 94.7. The minimum absolute atomic E-state index is 0.180. The number of furan rings is 2. The smallest absolute Gasteiger partial charge is 0.135 e. The average molecular weight is 1980 g/mol. The topological polar surface area (TPSA) is 26.3 Å². The molecule has 0 amide bonds. The third kappa shape index (κ3) is 26.6. The number of rotatable bonds is 0. The Balaban J connectivity index is 0.000000227. The van der Waals surface area contributed by atoms with Gasteiger partial charge in [0.05, 0.1) is 10.8 Å². The van der Waals surface area contributed by atoms with Crippen LogP contribution in [0.5, 0.6) is 0 Å². The van der Waals surface area contributed by atoms with Gasteiger partial charge >= 0.3 is 0 Å². The zero-order chi connectivity index (χ0) is 108. The average Bonchev–Trinajstić information content (AvgIpc) is 1.51. The largest absolute Gasteiger partial charge is 0.456 e. The van der Waals surface area contributed by atoms with Crippen molar-refractivity contribution in [2.24, 2.45) is 0 Å². The van der Waals surface area contributed by atoms with Crippen LogP contribution in [0.4, 0.5) is 0 Å². The number of fused-ring (bicyclic) bond motifs is 35. The van der Waals surface area contributed by atoms with Crippen molar-refractivity contribution in [2.75, 3.05) is 0 Å². The van der Waals surface area contributed by atoms with Crippen LogP contribution in [-0.2, 0) is 23.7 Å². The number of para-hydroxylation sites is 4. The molecular formula is C146H166O2S. The van der Waals surface area contributed by atoms with E-state index >= 15 is 0 Å². The molecule has 768 valence electrons. The number of thiophene rings is 1. The van der Waals surface area contributed by atoms with Crippen molar-refractivity contribution in [3.63, 3.8) is 0 Å². The summed E-state index contributed by atoms with van der Waals surface area (Å²) in [5.74, 6) is 0. The first kappa shape index (κ1) is 121. The Morgan fingerprint density at radius 1 is 0.134 bits per heavy atom. The van der Waals surface area contributed by atoms with Gasteiger partial charge in [0, 0.05) is 41.7 Å². The quantitative estimate of drug-likeness (QED) is 0.151. The summed E-state index contributed by atoms with van der Waals surface area (Å²) in [5, 5.41) is 7.53. The summed E-state index contributed by atoms with van der Waals surface area (Å²) in [6.45, 7) is 56.0. The molecule has 0 N–H and O–H groups in total. The highest BCUT2D eigenvalue weighted by Gasteiger charge is 2.53. The first-order valence-electron chi connectivity index (χ1n) is 55.8. The van der Waals surface area contributed by atoms with Crippen molar-refractivity contribution < 1.29 is 8.83 Å². The van der Waals surface area contributed by atoms with E-state index < -0.39 is 0 Å². The monoisotopic (exact) mass is 1980 g/mol. The Bertz CT molecular complexity index is 6410. The molecule has 0 saturated carbocycles. The Morgan fingerprint density at radius 2 is 0.268 bits per heavy atom. The SMILES string of the molecule is CC.CC.CC.CC.CC.CC.CC.CC.CC.CC.CC.CC.CC.CC.c1ccc2c(c1)-c1ccccc1C21c2ccccc2-c2ccccc21.c1ccc2c(c1)-c1ccccc1C21c2ccccc2-c2ccccc21.c1ccc2c(c1)Cc1ccccc1-2.c1ccc2c(c1)Cc1ccccc1-2.c1ccc2c(c1)oc1ccccc12.c1ccc2c(c1)oc1ccccc12.c1ccc2c(c1)sc1ccccc12.c1ccccc1. The normalized spacial score (nSPS) is 10.9. The second kappa shape index (κ2) is 65.6. The van der Waals surface area contributed by atoms with Crippen molar-refractivity contribution >= 4 is 75.4 Å². The van der Waals surface area contributed by atoms with Gasteiger partial charge in [0.1, 0.15) is 22.3 Å². The van der Waals surface area contributed by atoms with E-state index in [1.54, 1.807) is 0 Å². The molecule has 19 aromatic carbocycles. The van der Waals surface area contributed by atoms with Crippen molar-refractivity contribution in [3.8, 4) is 66.8 Å². The van der Waals surface area contributed by atoms with Crippen molar-refractivity contribution in [2.45, 2.75) is 218 Å². The van der Waals surface area contributed by atoms with Gasteiger partial charge in [-0.1, -0.05) is 631 Å². The van der Waals surface area contributed by atoms with Gasteiger partial charge in [0.15, 0.2) is 0 Å². The van der Waals surface area contributed by atoms with E-state index in [0.717, 1.165) is 35.2 Å². The lowest BCUT2D eigenvalue weighted by atomic mass is 9.70. The maximum Gasteiger partial charge on any atom is 0.135 e. The van der Waals surface area contributed by atoms with Gasteiger partial charge in [-0.05, 0) is 183 Å². The zero-order valence-corrected chi connectivity index (χ0v) is 95.5. The van der Waals surface area contributed by atoms with Crippen LogP contribution in [0.15, 0.2) is 482 Å². The van der Waals surface area contributed by atoms with Crippen LogP contribution >= 0.6 is 11.3 Å². The van der Waals surface area contributed by atoms with E-state index in [-0.39, 0.29) is 10.8 Å². The highest BCUT2D eigenvalue weighted by atomic mass is 32.1. The van der Waals surface area contributed by atoms with E-state index in [1.165, 1.54) is 175 Å². The predicted molar refractivity (Wildman–Crippen MR) is 667 cm³/mol. The van der Waals surface area contributed by atoms with Crippen LogP contribution < -0.4 is 0 Å². The first-order chi connectivity index (χ1) is 74.1. The summed E-state index contributed by atoms with van der Waals surface area (Å²) in [6, 6.07) is 167. The van der Waals surface area contributed by atoms with E-state index in [4.69, 9.17) is 8.83 Å². The minimum atomic E-state index is -0.180. The lowest BCUT2D eigenvalue weighted by molar-refractivity contribution is 0.668. The molecule has 28 rings (SSSR count). The molecule has 6 aliphatic carbocycles. The fourth-order valence-electron chi connectivity index (χ4n) is 19.7. The second-order valence-electron chi connectivity index (χ2n) is 31.3. The molecule has 3 aromatic heterocycles. The van der Waals surface area contributed by atoms with Gasteiger partial charge in [0.2, 0.25) is 0 Å². The van der Waals surface area contributed by atoms with Crippen LogP contribution in [0.2, 0.25) is 0 Å². The molecule has 2 nitrogen and oxygen atoms in total. The Kier molecular flexibility index (Phi) is 53.2. The number of hydrogen-bond acceptors (Lipinski definition) is 3. The fourth-order valence-corrected chi connectivity index (χ4v) is 20.8. The van der Waals surface area contributed by atoms with Crippen LogP contribution in [0.25, 0.3) is 131 Å². The molecule has 0 aliphatic heterocycles. The fraction of sp³-hybridized carbons (Fsp3) is 0.219. The summed E-state index contributed by atoms with van der Waals surface area (Å²) >= 11 is 1.86. The van der Waals surface area contributed by atoms with E-state index in [2.05, 4.69) is 364 Å². The third-order valence-corrected chi connectivity index (χ3v) is 25.9. The standard InChI is InChI=1S/2C25H16.2C13H10.2C12H8O.C12H8S.C6H6.14C2H6/c2*1-5-13-21-17(9-1)18-10-2-6-14-22(18)25(21)23-15-7-3-11-19(23)20-12-4-8-16-24(20)25;2*1-3-7-12-10(5-1)9-11-6-2-4-8-13(11)12;3*1-3-7-11-9(5-1)10-6-2-4-8-12(10)13-11;1-2-4-6-5-3-1;14*1-2/h2*1-16H;2*1-8H,9H2;3*1-8H;1-6H;14*1-2H3. The van der Waals surface area contributed by atoms with Gasteiger partial charge < -0.3 is 8.83 Å². The molecule has 0 fully saturated rings. The Morgan fingerprint density at radius 3 is 0.450 bits per heavy atom. The van der Waals surface area contributed by atoms with Gasteiger partial charge in [0.25, 0.3) is 0 Å². The molecule has 0 saturated heterocycles. The van der Waals surface area contributed by atoms with E-state index in [1.807, 2.05) is 314 Å². The van der Waals surface area contributed by atoms with E-state index in [0.29, 0.717) is 0 Å². The van der Waals surface area contributed by atoms with Crippen molar-refractivity contribution in [1.82, 2.24) is 0 Å². The number of benzene rings is 19. The molecule has 149 heavy (non-hydrogen) atoms. The molecular weight excluding hydrogens is 1820 g/mol. The van der Waals surface area contributed by atoms with E-state index in [9.17, 15) is 0 Å². The highest BCUT2D eigenvalue weighted by Crippen LogP contribution is 2.64. The van der Waals surface area contributed by atoms with Crippen LogP contribution in [0.3, 0.4) is 0 Å². The van der Waals surface area contributed by atoms with Crippen LogP contribution in [-0.4, -0.2) is 0 Å². The number of hydrogen-bond donors (Lipinski definition) is 0. The van der Waals surface area contributed by atoms with Gasteiger partial charge in [-0.2, -0.15) is 0 Å². The lowest BCUT2D eigenvalue weighted by Gasteiger charge is -2.30. The lowest BCUT2D eigenvalue weighted by Crippen LogP contribution is -2.25. The molecule has 0 atom stereocenters. The Labute approximate surface area is 901 Å². The summed E-state index contributed by atoms with van der Waals surface area (Å²) in [7, 11) is 0. The van der Waals surface area contributed by atoms with Gasteiger partial charge in [-0.25, -0.2) is 0 Å². The minimum Gasteiger partial charge on any atom is -0.456 e. The predicted octanol–water partition coefficient (Wildman–Crippen LogP) is 45.9. The molecule has 2 spiro atoms. The molecule has 0 unspecified atom stereocenters. The maximum absolute atomic E-state index is 5.65. The molecule has 0 bridgehead atoms.